The quantitative estimate of drug-likeness (QED) is 0.269. The van der Waals surface area contributed by atoms with E-state index in [1.54, 1.807) is 29.1 Å². The zero-order valence-corrected chi connectivity index (χ0v) is 26.6. The minimum Gasteiger partial charge on any atom is -0.508 e. The molecule has 1 N–H and O–H groups in total. The molecule has 242 valence electrons. The molecule has 2 aromatic heterocycles. The number of anilines is 1. The van der Waals surface area contributed by atoms with Crippen LogP contribution >= 0.6 is 0 Å². The fourth-order valence-electron chi connectivity index (χ4n) is 7.83. The number of nitrogens with zero attached hydrogens (tertiary/aromatic N) is 7. The first-order valence-corrected chi connectivity index (χ1v) is 16.4. The highest BCUT2D eigenvalue weighted by molar-refractivity contribution is 6.01. The van der Waals surface area contributed by atoms with Crippen LogP contribution in [0.4, 0.5) is 10.2 Å². The second-order valence-electron chi connectivity index (χ2n) is 13.2. The highest BCUT2D eigenvalue weighted by Crippen LogP contribution is 2.40. The Morgan fingerprint density at radius 2 is 1.81 bits per heavy atom. The summed E-state index contributed by atoms with van der Waals surface area (Å²) in [6, 6.07) is 15.0. The minimum absolute atomic E-state index is 0.0298. The van der Waals surface area contributed by atoms with Crippen LogP contribution in [-0.4, -0.2) is 92.0 Å². The van der Waals surface area contributed by atoms with E-state index in [0.29, 0.717) is 48.4 Å². The van der Waals surface area contributed by atoms with Crippen molar-refractivity contribution in [2.45, 2.75) is 50.2 Å². The number of aromatic hydroxyl groups is 1. The molecule has 3 atom stereocenters. The summed E-state index contributed by atoms with van der Waals surface area (Å²) in [4.78, 5) is 29.5. The van der Waals surface area contributed by atoms with E-state index in [1.165, 1.54) is 0 Å². The van der Waals surface area contributed by atoms with Crippen molar-refractivity contribution in [2.24, 2.45) is 7.05 Å². The molecule has 47 heavy (non-hydrogen) atoms. The Balaban J connectivity index is 1.17. The van der Waals surface area contributed by atoms with E-state index >= 15 is 4.39 Å². The number of amides is 1. The third-order valence-corrected chi connectivity index (χ3v) is 10.2. The van der Waals surface area contributed by atoms with Crippen LogP contribution in [0.25, 0.3) is 32.8 Å². The molecule has 3 fully saturated rings. The lowest BCUT2D eigenvalue weighted by Gasteiger charge is -2.42. The molecule has 5 aromatic rings. The highest BCUT2D eigenvalue weighted by atomic mass is 19.1. The van der Waals surface area contributed by atoms with Crippen molar-refractivity contribution < 1.29 is 19.0 Å². The average Bonchev–Trinajstić information content (AvgIpc) is 3.75. The molecule has 0 spiro atoms. The van der Waals surface area contributed by atoms with E-state index in [-0.39, 0.29) is 41.3 Å². The highest BCUT2D eigenvalue weighted by Gasteiger charge is 2.43. The number of fused-ring (bicyclic) bond motifs is 4. The number of phenols is 1. The monoisotopic (exact) mass is 635 g/mol. The Hall–Kier alpha value is -4.77. The van der Waals surface area contributed by atoms with E-state index in [0.717, 1.165) is 48.6 Å². The van der Waals surface area contributed by atoms with Crippen molar-refractivity contribution in [3.8, 4) is 22.9 Å². The molecule has 3 aliphatic rings. The first-order chi connectivity index (χ1) is 22.8. The number of rotatable bonds is 7. The average molecular weight is 636 g/mol. The van der Waals surface area contributed by atoms with Gasteiger partial charge in [0.25, 0.3) is 0 Å². The fourth-order valence-corrected chi connectivity index (χ4v) is 7.83. The molecular weight excluding hydrogens is 597 g/mol. The second-order valence-corrected chi connectivity index (χ2v) is 13.2. The normalized spacial score (nSPS) is 21.3. The van der Waals surface area contributed by atoms with Gasteiger partial charge in [0.05, 0.1) is 12.6 Å². The van der Waals surface area contributed by atoms with E-state index in [9.17, 15) is 9.90 Å². The molecule has 10 nitrogen and oxygen atoms in total. The molecule has 11 heteroatoms. The predicted molar refractivity (Wildman–Crippen MR) is 178 cm³/mol. The number of piperazine rings is 1. The molecule has 3 aromatic carbocycles. The van der Waals surface area contributed by atoms with Crippen molar-refractivity contribution in [2.75, 3.05) is 38.2 Å². The van der Waals surface area contributed by atoms with Gasteiger partial charge in [-0.05, 0) is 79.4 Å². The lowest BCUT2D eigenvalue weighted by atomic mass is 9.96. The zero-order valence-electron chi connectivity index (χ0n) is 26.6. The summed E-state index contributed by atoms with van der Waals surface area (Å²) in [5, 5.41) is 17.0. The summed E-state index contributed by atoms with van der Waals surface area (Å²) in [5.41, 5.74) is 2.02. The summed E-state index contributed by atoms with van der Waals surface area (Å²) in [6.45, 7) is 2.61. The van der Waals surface area contributed by atoms with Crippen LogP contribution in [0.1, 0.15) is 31.2 Å². The van der Waals surface area contributed by atoms with Crippen LogP contribution in [-0.2, 0) is 18.3 Å². The van der Waals surface area contributed by atoms with Gasteiger partial charge < -0.3 is 24.5 Å². The third-order valence-electron chi connectivity index (χ3n) is 10.2. The first kappa shape index (κ1) is 29.6. The number of ether oxygens (including phenoxy) is 1. The maximum Gasteiger partial charge on any atom is 0.319 e. The van der Waals surface area contributed by atoms with E-state index in [4.69, 9.17) is 9.72 Å². The smallest absolute Gasteiger partial charge is 0.319 e. The number of benzene rings is 3. The Kier molecular flexibility index (Phi) is 7.43. The molecule has 0 aliphatic carbocycles. The largest absolute Gasteiger partial charge is 0.508 e. The van der Waals surface area contributed by atoms with E-state index < -0.39 is 5.82 Å². The number of aromatic nitrogens is 4. The molecule has 8 rings (SSSR count). The summed E-state index contributed by atoms with van der Waals surface area (Å²) >= 11 is 0. The zero-order chi connectivity index (χ0) is 32.2. The third kappa shape index (κ3) is 5.42. The summed E-state index contributed by atoms with van der Waals surface area (Å²) in [6.07, 6.45) is 7.90. The van der Waals surface area contributed by atoms with Gasteiger partial charge in [-0.1, -0.05) is 30.3 Å². The summed E-state index contributed by atoms with van der Waals surface area (Å²) < 4.78 is 24.7. The van der Waals surface area contributed by atoms with Crippen LogP contribution in [0.2, 0.25) is 0 Å². The van der Waals surface area contributed by atoms with Gasteiger partial charge in [0.2, 0.25) is 5.91 Å². The Morgan fingerprint density at radius 1 is 1.00 bits per heavy atom. The van der Waals surface area contributed by atoms with Gasteiger partial charge in [-0.3, -0.25) is 9.48 Å². The van der Waals surface area contributed by atoms with Gasteiger partial charge >= 0.3 is 6.01 Å². The van der Waals surface area contributed by atoms with E-state index in [1.807, 2.05) is 48.5 Å². The Bertz CT molecular complexity index is 1980. The Labute approximate surface area is 272 Å². The standard InChI is InChI=1S/C36H38FN7O3/c1-41-13-5-7-26(41)21-47-36-39-34-30(12-11-29(33(34)37)31-16-27(45)15-23-6-3-4-8-28(23)31)35(40-36)43-19-24-9-10-25(20-43)44(24)32(46)14-22-17-38-42(2)18-22/h3-4,6,8,11-12,15-18,24-26,45H,5,7,9-10,13-14,19-21H2,1-2H3/t24-,25+,26-/m0/s1. The van der Waals surface area contributed by atoms with Crippen LogP contribution in [0.15, 0.2) is 60.9 Å². The summed E-state index contributed by atoms with van der Waals surface area (Å²) in [7, 11) is 3.94. The molecule has 3 saturated heterocycles. The lowest BCUT2D eigenvalue weighted by molar-refractivity contribution is -0.133. The van der Waals surface area contributed by atoms with E-state index in [2.05, 4.69) is 26.9 Å². The van der Waals surface area contributed by atoms with Gasteiger partial charge in [-0.25, -0.2) is 4.39 Å². The van der Waals surface area contributed by atoms with Crippen LogP contribution < -0.4 is 9.64 Å². The molecule has 0 unspecified atom stereocenters. The number of carbonyl (C=O) groups is 1. The number of carbonyl (C=O) groups excluding carboxylic acids is 1. The van der Waals surface area contributed by atoms with Crippen LogP contribution in [0.3, 0.4) is 0 Å². The van der Waals surface area contributed by atoms with Gasteiger partial charge in [0.15, 0.2) is 5.82 Å². The number of likely N-dealkylation sites (N-methyl/N-ethyl adjacent to an activating group) is 1. The van der Waals surface area contributed by atoms with Gasteiger partial charge in [-0.15, -0.1) is 0 Å². The number of hydrogen-bond donors (Lipinski definition) is 1. The van der Waals surface area contributed by atoms with Crippen LogP contribution in [0, 0.1) is 5.82 Å². The fraction of sp³-hybridized carbons (Fsp3) is 0.389. The van der Waals surface area contributed by atoms with Gasteiger partial charge in [-0.2, -0.15) is 15.1 Å². The molecule has 0 saturated carbocycles. The Morgan fingerprint density at radius 3 is 2.55 bits per heavy atom. The maximum atomic E-state index is 16.8. The topological polar surface area (TPSA) is 99.9 Å². The SMILES string of the molecule is CN1CCC[C@H]1COc1nc(N2C[C@H]3CC[C@@H](C2)N3C(=O)Cc2cnn(C)c2)c2ccc(-c3cc(O)cc4ccccc34)c(F)c2n1. The summed E-state index contributed by atoms with van der Waals surface area (Å²) in [5.74, 6) is 0.305. The predicted octanol–water partition coefficient (Wildman–Crippen LogP) is 4.92. The number of hydrogen-bond acceptors (Lipinski definition) is 8. The number of likely N-dealkylation sites (tertiary alicyclic amines) is 1. The van der Waals surface area contributed by atoms with Crippen molar-refractivity contribution in [1.82, 2.24) is 29.5 Å². The first-order valence-electron chi connectivity index (χ1n) is 16.4. The number of phenolic OH excluding ortho intramolecular Hbond substituents is 1. The molecule has 0 radical (unpaired) electrons. The second kappa shape index (κ2) is 11.8. The van der Waals surface area contributed by atoms with Crippen molar-refractivity contribution in [3.63, 3.8) is 0 Å². The van der Waals surface area contributed by atoms with Gasteiger partial charge in [0.1, 0.15) is 23.7 Å². The minimum atomic E-state index is -0.488. The maximum absolute atomic E-state index is 16.8. The molecule has 5 heterocycles. The van der Waals surface area contributed by atoms with Crippen molar-refractivity contribution >= 4 is 33.4 Å². The van der Waals surface area contributed by atoms with Crippen molar-refractivity contribution in [1.29, 1.82) is 0 Å². The number of aryl methyl sites for hydroxylation is 1. The van der Waals surface area contributed by atoms with Crippen molar-refractivity contribution in [3.05, 3.63) is 72.3 Å². The molecule has 1 amide bonds. The number of halogens is 1. The van der Waals surface area contributed by atoms with Crippen LogP contribution in [0.5, 0.6) is 11.8 Å². The molecule has 2 bridgehead atoms. The molecular formula is C36H38FN7O3. The molecule has 3 aliphatic heterocycles. The van der Waals surface area contributed by atoms with Gasteiger partial charge in [0, 0.05) is 55.4 Å². The lowest BCUT2D eigenvalue weighted by Crippen LogP contribution is -2.56.